The minimum atomic E-state index is -2.88. The lowest BCUT2D eigenvalue weighted by Gasteiger charge is -1.99. The summed E-state index contributed by atoms with van der Waals surface area (Å²) in [7, 11) is -2.88. The number of benzene rings is 1. The minimum absolute atomic E-state index is 0.287. The first-order valence-electron chi connectivity index (χ1n) is 4.62. The highest BCUT2D eigenvalue weighted by Gasteiger charge is 2.17. The lowest BCUT2D eigenvalue weighted by atomic mass is 10.1. The van der Waals surface area contributed by atoms with E-state index in [0.29, 0.717) is 6.42 Å². The molecule has 0 N–H and O–H groups in total. The molecule has 14 heavy (non-hydrogen) atoms. The maximum atomic E-state index is 11.2. The Bertz CT molecular complexity index is 443. The summed E-state index contributed by atoms with van der Waals surface area (Å²) in [4.78, 5) is 0. The van der Waals surface area contributed by atoms with Crippen molar-refractivity contribution in [1.82, 2.24) is 0 Å². The van der Waals surface area contributed by atoms with E-state index < -0.39 is 9.84 Å². The second kappa shape index (κ2) is 3.58. The number of hydrogen-bond acceptors (Lipinski definition) is 2. The van der Waals surface area contributed by atoms with Crippen LogP contribution in [0.15, 0.2) is 41.3 Å². The molecule has 0 atom stereocenters. The fourth-order valence-electron chi connectivity index (χ4n) is 1.63. The van der Waals surface area contributed by atoms with Gasteiger partial charge in [0, 0.05) is 5.41 Å². The molecule has 1 heterocycles. The van der Waals surface area contributed by atoms with Crippen molar-refractivity contribution < 1.29 is 8.42 Å². The summed E-state index contributed by atoms with van der Waals surface area (Å²) < 4.78 is 22.3. The second-order valence-corrected chi connectivity index (χ2v) is 5.53. The zero-order chi connectivity index (χ0) is 10.0. The van der Waals surface area contributed by atoms with Gasteiger partial charge in [-0.2, -0.15) is 0 Å². The van der Waals surface area contributed by atoms with Crippen molar-refractivity contribution in [3.63, 3.8) is 0 Å². The summed E-state index contributed by atoms with van der Waals surface area (Å²) in [5, 5.41) is 1.43. The molecule has 0 aromatic heterocycles. The van der Waals surface area contributed by atoms with Crippen LogP contribution in [0.2, 0.25) is 0 Å². The van der Waals surface area contributed by atoms with Crippen LogP contribution in [0.1, 0.15) is 12.0 Å². The zero-order valence-electron chi connectivity index (χ0n) is 7.81. The molecule has 0 unspecified atom stereocenters. The minimum Gasteiger partial charge on any atom is -0.224 e. The van der Waals surface area contributed by atoms with Gasteiger partial charge in [0.05, 0.1) is 5.75 Å². The summed E-state index contributed by atoms with van der Waals surface area (Å²) in [5.74, 6) is 0.287. The molecule has 74 valence electrons. The van der Waals surface area contributed by atoms with Crippen LogP contribution in [-0.2, 0) is 16.3 Å². The summed E-state index contributed by atoms with van der Waals surface area (Å²) in [5.41, 5.74) is 2.20. The highest BCUT2D eigenvalue weighted by molar-refractivity contribution is 7.94. The molecule has 0 amide bonds. The highest BCUT2D eigenvalue weighted by atomic mass is 32.2. The molecule has 1 aliphatic heterocycles. The van der Waals surface area contributed by atoms with E-state index in [4.69, 9.17) is 0 Å². The van der Waals surface area contributed by atoms with E-state index in [2.05, 4.69) is 0 Å². The molecular formula is C11H12O2S. The SMILES string of the molecule is O=S1(=O)C=C(Cc2ccccc2)CC1. The molecule has 0 spiro atoms. The predicted molar refractivity (Wildman–Crippen MR) is 56.6 cm³/mol. The molecule has 0 aliphatic carbocycles. The summed E-state index contributed by atoms with van der Waals surface area (Å²) in [6.07, 6.45) is 1.46. The molecular weight excluding hydrogens is 196 g/mol. The van der Waals surface area contributed by atoms with Crippen molar-refractivity contribution in [3.8, 4) is 0 Å². The topological polar surface area (TPSA) is 34.1 Å². The van der Waals surface area contributed by atoms with E-state index in [0.717, 1.165) is 12.0 Å². The summed E-state index contributed by atoms with van der Waals surface area (Å²) in [6.45, 7) is 0. The van der Waals surface area contributed by atoms with Gasteiger partial charge in [0.2, 0.25) is 0 Å². The molecule has 2 rings (SSSR count). The van der Waals surface area contributed by atoms with Crippen LogP contribution in [0, 0.1) is 0 Å². The van der Waals surface area contributed by atoms with Crippen molar-refractivity contribution >= 4 is 9.84 Å². The van der Waals surface area contributed by atoms with Gasteiger partial charge in [-0.1, -0.05) is 35.9 Å². The lowest BCUT2D eigenvalue weighted by Crippen LogP contribution is -1.93. The first-order chi connectivity index (χ1) is 6.66. The Balaban J connectivity index is 2.15. The van der Waals surface area contributed by atoms with Gasteiger partial charge in [-0.3, -0.25) is 0 Å². The standard InChI is InChI=1S/C11H12O2S/c12-14(13)7-6-11(9-14)8-10-4-2-1-3-5-10/h1-5,9H,6-8H2. The average Bonchev–Trinajstić information content (AvgIpc) is 2.47. The average molecular weight is 208 g/mol. The van der Waals surface area contributed by atoms with Crippen LogP contribution in [0.4, 0.5) is 0 Å². The van der Waals surface area contributed by atoms with Gasteiger partial charge < -0.3 is 0 Å². The number of hydrogen-bond donors (Lipinski definition) is 0. The zero-order valence-corrected chi connectivity index (χ0v) is 8.63. The Morgan fingerprint density at radius 3 is 2.43 bits per heavy atom. The van der Waals surface area contributed by atoms with E-state index in [-0.39, 0.29) is 5.75 Å². The van der Waals surface area contributed by atoms with E-state index in [1.165, 1.54) is 11.0 Å². The molecule has 0 bridgehead atoms. The molecule has 0 saturated carbocycles. The van der Waals surface area contributed by atoms with Crippen molar-refractivity contribution in [1.29, 1.82) is 0 Å². The van der Waals surface area contributed by atoms with Gasteiger partial charge in [0.25, 0.3) is 0 Å². The van der Waals surface area contributed by atoms with Crippen molar-refractivity contribution in [3.05, 3.63) is 46.9 Å². The highest BCUT2D eigenvalue weighted by Crippen LogP contribution is 2.20. The van der Waals surface area contributed by atoms with E-state index in [9.17, 15) is 8.42 Å². The van der Waals surface area contributed by atoms with Crippen LogP contribution in [-0.4, -0.2) is 14.2 Å². The first-order valence-corrected chi connectivity index (χ1v) is 6.33. The van der Waals surface area contributed by atoms with Crippen LogP contribution in [0.3, 0.4) is 0 Å². The largest absolute Gasteiger partial charge is 0.224 e. The third-order valence-electron chi connectivity index (χ3n) is 2.33. The van der Waals surface area contributed by atoms with Crippen LogP contribution < -0.4 is 0 Å². The van der Waals surface area contributed by atoms with Gasteiger partial charge in [-0.25, -0.2) is 8.42 Å². The molecule has 1 aromatic rings. The first kappa shape index (κ1) is 9.46. The molecule has 0 fully saturated rings. The number of rotatable bonds is 2. The summed E-state index contributed by atoms with van der Waals surface area (Å²) in [6, 6.07) is 9.94. The molecule has 1 aromatic carbocycles. The van der Waals surface area contributed by atoms with Crippen molar-refractivity contribution in [2.45, 2.75) is 12.8 Å². The maximum Gasteiger partial charge on any atom is 0.171 e. The fraction of sp³-hybridized carbons (Fsp3) is 0.273. The monoisotopic (exact) mass is 208 g/mol. The van der Waals surface area contributed by atoms with Crippen LogP contribution >= 0.6 is 0 Å². The van der Waals surface area contributed by atoms with Gasteiger partial charge in [0.15, 0.2) is 9.84 Å². The Hall–Kier alpha value is -1.09. The third-order valence-corrected chi connectivity index (χ3v) is 3.79. The molecule has 0 radical (unpaired) electrons. The quantitative estimate of drug-likeness (QED) is 0.744. The molecule has 3 heteroatoms. The maximum absolute atomic E-state index is 11.2. The van der Waals surface area contributed by atoms with Gasteiger partial charge in [-0.15, -0.1) is 0 Å². The third kappa shape index (κ3) is 2.23. The fourth-order valence-corrected chi connectivity index (χ4v) is 3.01. The Morgan fingerprint density at radius 1 is 1.14 bits per heavy atom. The second-order valence-electron chi connectivity index (χ2n) is 3.56. The molecule has 0 saturated heterocycles. The number of sulfone groups is 1. The van der Waals surface area contributed by atoms with Crippen LogP contribution in [0.5, 0.6) is 0 Å². The smallest absolute Gasteiger partial charge is 0.171 e. The van der Waals surface area contributed by atoms with Crippen LogP contribution in [0.25, 0.3) is 0 Å². The Labute approximate surface area is 84.2 Å². The van der Waals surface area contributed by atoms with Crippen molar-refractivity contribution in [2.24, 2.45) is 0 Å². The van der Waals surface area contributed by atoms with Gasteiger partial charge in [0.1, 0.15) is 0 Å². The normalized spacial score (nSPS) is 19.3. The molecule has 2 nitrogen and oxygen atoms in total. The van der Waals surface area contributed by atoms with E-state index in [1.54, 1.807) is 0 Å². The predicted octanol–water partition coefficient (Wildman–Crippen LogP) is 1.93. The Morgan fingerprint density at radius 2 is 1.86 bits per heavy atom. The van der Waals surface area contributed by atoms with Gasteiger partial charge >= 0.3 is 0 Å². The summed E-state index contributed by atoms with van der Waals surface area (Å²) >= 11 is 0. The van der Waals surface area contributed by atoms with E-state index >= 15 is 0 Å². The Kier molecular flexibility index (Phi) is 2.42. The van der Waals surface area contributed by atoms with Gasteiger partial charge in [-0.05, 0) is 18.4 Å². The number of allylic oxidation sites excluding steroid dienone is 1. The lowest BCUT2D eigenvalue weighted by molar-refractivity contribution is 0.606. The van der Waals surface area contributed by atoms with E-state index in [1.807, 2.05) is 30.3 Å². The molecule has 1 aliphatic rings. The van der Waals surface area contributed by atoms with Crippen molar-refractivity contribution in [2.75, 3.05) is 5.75 Å².